The summed E-state index contributed by atoms with van der Waals surface area (Å²) in [7, 11) is 1.72. The van der Waals surface area contributed by atoms with Crippen LogP contribution < -0.4 is 10.8 Å². The van der Waals surface area contributed by atoms with Gasteiger partial charge in [-0.05, 0) is 16.4 Å². The normalized spacial score (nSPS) is 9.81. The van der Waals surface area contributed by atoms with E-state index in [0.29, 0.717) is 27.4 Å². The van der Waals surface area contributed by atoms with Crippen LogP contribution in [0, 0.1) is 0 Å². The minimum Gasteiger partial charge on any atom is -0.383 e. The molecular weight excluding hydrogens is 232 g/mol. The highest BCUT2D eigenvalue weighted by Crippen LogP contribution is 2.31. The summed E-state index contributed by atoms with van der Waals surface area (Å²) in [6.45, 7) is 4.00. The number of hydrogen-bond donors (Lipinski definition) is 3. The van der Waals surface area contributed by atoms with Gasteiger partial charge in [0.05, 0.1) is 5.02 Å². The average Bonchev–Trinajstić information content (AvgIpc) is 2.81. The van der Waals surface area contributed by atoms with Crippen LogP contribution in [0.5, 0.6) is 0 Å². The lowest BCUT2D eigenvalue weighted by molar-refractivity contribution is -0.824. The van der Waals surface area contributed by atoms with Crippen molar-refractivity contribution in [3.05, 3.63) is 11.1 Å². The summed E-state index contributed by atoms with van der Waals surface area (Å²) >= 11 is 5.91. The van der Waals surface area contributed by atoms with E-state index < -0.39 is 0 Å². The van der Waals surface area contributed by atoms with Gasteiger partial charge in [-0.2, -0.15) is 5.48 Å². The maximum absolute atomic E-state index is 9.04. The van der Waals surface area contributed by atoms with Crippen molar-refractivity contribution in [1.29, 1.82) is 0 Å². The molecule has 0 atom stereocenters. The minimum absolute atomic E-state index is 0.427. The second-order valence-electron chi connectivity index (χ2n) is 2.66. The zero-order valence-electron chi connectivity index (χ0n) is 9.28. The largest absolute Gasteiger partial charge is 0.383 e. The number of aromatic nitrogens is 2. The van der Waals surface area contributed by atoms with Gasteiger partial charge in [0.15, 0.2) is 5.52 Å². The first kappa shape index (κ1) is 12.7. The number of quaternary nitrogens is 1. The Kier molecular flexibility index (Phi) is 4.48. The van der Waals surface area contributed by atoms with Gasteiger partial charge < -0.3 is 5.32 Å². The number of nitrogens with one attached hydrogen (secondary N) is 1. The Labute approximate surface area is 97.5 Å². The van der Waals surface area contributed by atoms with Crippen LogP contribution in [0.25, 0.3) is 11.0 Å². The third kappa shape index (κ3) is 2.08. The Morgan fingerprint density at radius 1 is 1.38 bits per heavy atom. The summed E-state index contributed by atoms with van der Waals surface area (Å²) in [4.78, 5) is 0. The molecule has 0 aliphatic carbocycles. The SMILES string of the molecule is CC.CNc1cc(Cl)c2nonc2c1[NH2+]O. The van der Waals surface area contributed by atoms with Crippen molar-refractivity contribution in [2.24, 2.45) is 0 Å². The molecule has 1 heterocycles. The van der Waals surface area contributed by atoms with Crippen LogP contribution in [0.15, 0.2) is 10.7 Å². The van der Waals surface area contributed by atoms with E-state index in [4.69, 9.17) is 16.8 Å². The molecule has 4 N–H and O–H groups in total. The zero-order chi connectivity index (χ0) is 12.1. The van der Waals surface area contributed by atoms with Crippen LogP contribution in [0.1, 0.15) is 13.8 Å². The first-order chi connectivity index (χ1) is 7.77. The Bertz CT molecular complexity index is 472. The van der Waals surface area contributed by atoms with Gasteiger partial charge in [0.25, 0.3) is 0 Å². The molecule has 1 aromatic carbocycles. The lowest BCUT2D eigenvalue weighted by Gasteiger charge is -2.03. The molecule has 0 unspecified atom stereocenters. The van der Waals surface area contributed by atoms with Gasteiger partial charge in [0.2, 0.25) is 11.2 Å². The molecule has 0 fully saturated rings. The smallest absolute Gasteiger partial charge is 0.217 e. The number of halogens is 1. The average molecular weight is 246 g/mol. The molecule has 0 amide bonds. The minimum atomic E-state index is 0.427. The highest BCUT2D eigenvalue weighted by molar-refractivity contribution is 6.35. The quantitative estimate of drug-likeness (QED) is 0.552. The standard InChI is InChI=1S/C7H7ClN4O2.C2H6/c1-9-4-2-3(8)5-7(6(4)10-13)12-14-11-5;1-2/h2,9-10,13H,1H3;1-2H3/p+1. The van der Waals surface area contributed by atoms with Crippen LogP contribution in [-0.4, -0.2) is 22.6 Å². The summed E-state index contributed by atoms with van der Waals surface area (Å²) in [6, 6.07) is 1.65. The van der Waals surface area contributed by atoms with E-state index in [1.54, 1.807) is 13.1 Å². The molecular formula is C9H14ClN4O2+. The lowest BCUT2D eigenvalue weighted by atomic mass is 10.2. The van der Waals surface area contributed by atoms with Gasteiger partial charge >= 0.3 is 0 Å². The lowest BCUT2D eigenvalue weighted by Crippen LogP contribution is -2.74. The van der Waals surface area contributed by atoms with Gasteiger partial charge in [-0.25, -0.2) is 9.84 Å². The summed E-state index contributed by atoms with van der Waals surface area (Å²) in [5.74, 6) is 0. The van der Waals surface area contributed by atoms with E-state index in [1.807, 2.05) is 13.8 Å². The van der Waals surface area contributed by atoms with Crippen molar-refractivity contribution in [3.8, 4) is 0 Å². The molecule has 0 bridgehead atoms. The number of anilines is 1. The Hall–Kier alpha value is -1.37. The van der Waals surface area contributed by atoms with Crippen molar-refractivity contribution in [3.63, 3.8) is 0 Å². The Morgan fingerprint density at radius 3 is 2.56 bits per heavy atom. The first-order valence-electron chi connectivity index (χ1n) is 4.88. The Morgan fingerprint density at radius 2 is 2.00 bits per heavy atom. The second kappa shape index (κ2) is 5.64. The molecule has 0 aliphatic heterocycles. The Balaban J connectivity index is 0.000000606. The number of rotatable bonds is 2. The fraction of sp³-hybridized carbons (Fsp3) is 0.333. The van der Waals surface area contributed by atoms with Crippen LogP contribution >= 0.6 is 11.6 Å². The van der Waals surface area contributed by atoms with Crippen LogP contribution in [-0.2, 0) is 0 Å². The van der Waals surface area contributed by atoms with Crippen LogP contribution in [0.2, 0.25) is 5.02 Å². The van der Waals surface area contributed by atoms with Crippen LogP contribution in [0.4, 0.5) is 11.4 Å². The molecule has 0 radical (unpaired) electrons. The van der Waals surface area contributed by atoms with E-state index in [9.17, 15) is 0 Å². The maximum Gasteiger partial charge on any atom is 0.217 e. The van der Waals surface area contributed by atoms with Crippen molar-refractivity contribution in [1.82, 2.24) is 10.3 Å². The topological polar surface area (TPSA) is 87.8 Å². The molecule has 0 saturated carbocycles. The second-order valence-corrected chi connectivity index (χ2v) is 3.07. The van der Waals surface area contributed by atoms with E-state index in [1.165, 1.54) is 0 Å². The number of nitrogens with zero attached hydrogens (tertiary/aromatic N) is 2. The van der Waals surface area contributed by atoms with Gasteiger partial charge in [-0.1, -0.05) is 25.4 Å². The molecule has 0 saturated heterocycles. The van der Waals surface area contributed by atoms with Crippen molar-refractivity contribution in [2.75, 3.05) is 12.4 Å². The monoisotopic (exact) mass is 245 g/mol. The van der Waals surface area contributed by atoms with E-state index in [0.717, 1.165) is 5.48 Å². The number of nitrogens with two attached hydrogens (primary N) is 1. The van der Waals surface area contributed by atoms with E-state index >= 15 is 0 Å². The molecule has 2 rings (SSSR count). The molecule has 7 heteroatoms. The van der Waals surface area contributed by atoms with Gasteiger partial charge in [-0.3, -0.25) is 0 Å². The van der Waals surface area contributed by atoms with Crippen molar-refractivity contribution in [2.45, 2.75) is 13.8 Å². The molecule has 6 nitrogen and oxygen atoms in total. The predicted octanol–water partition coefficient (Wildman–Crippen LogP) is 1.53. The van der Waals surface area contributed by atoms with E-state index in [-0.39, 0.29) is 0 Å². The molecule has 88 valence electrons. The maximum atomic E-state index is 9.04. The van der Waals surface area contributed by atoms with Gasteiger partial charge in [0, 0.05) is 7.05 Å². The molecule has 0 spiro atoms. The fourth-order valence-corrected chi connectivity index (χ4v) is 1.49. The number of fused-ring (bicyclic) bond motifs is 1. The van der Waals surface area contributed by atoms with Crippen molar-refractivity contribution >= 4 is 34.0 Å². The third-order valence-corrected chi connectivity index (χ3v) is 2.22. The first-order valence-corrected chi connectivity index (χ1v) is 5.25. The molecule has 16 heavy (non-hydrogen) atoms. The summed E-state index contributed by atoms with van der Waals surface area (Å²) in [5, 5.41) is 19.6. The van der Waals surface area contributed by atoms with Crippen molar-refractivity contribution < 1.29 is 15.3 Å². The van der Waals surface area contributed by atoms with E-state index in [2.05, 4.69) is 20.3 Å². The number of hydrogen-bond acceptors (Lipinski definition) is 5. The molecule has 1 aromatic heterocycles. The number of benzene rings is 1. The highest BCUT2D eigenvalue weighted by atomic mass is 35.5. The summed E-state index contributed by atoms with van der Waals surface area (Å²) in [6.07, 6.45) is 0. The third-order valence-electron chi connectivity index (χ3n) is 1.93. The van der Waals surface area contributed by atoms with Gasteiger partial charge in [0.1, 0.15) is 5.69 Å². The van der Waals surface area contributed by atoms with Crippen LogP contribution in [0.3, 0.4) is 0 Å². The molecule has 0 aliphatic rings. The zero-order valence-corrected chi connectivity index (χ0v) is 10.0. The molecule has 2 aromatic rings. The summed E-state index contributed by atoms with van der Waals surface area (Å²) in [5.41, 5.74) is 2.98. The van der Waals surface area contributed by atoms with Gasteiger partial charge in [-0.15, -0.1) is 0 Å². The fourth-order valence-electron chi connectivity index (χ4n) is 1.26. The summed E-state index contributed by atoms with van der Waals surface area (Å²) < 4.78 is 4.54. The highest BCUT2D eigenvalue weighted by Gasteiger charge is 2.18. The predicted molar refractivity (Wildman–Crippen MR) is 61.1 cm³/mol.